The highest BCUT2D eigenvalue weighted by atomic mass is 35.5. The highest BCUT2D eigenvalue weighted by Crippen LogP contribution is 2.36. The molecule has 7 nitrogen and oxygen atoms in total. The SMILES string of the molecule is COc1cc(NC(=O)CSc2nnc(-c3ccccc3)n2-c2ccccc2)c(OC)cc1Cl. The van der Waals surface area contributed by atoms with E-state index in [1.807, 2.05) is 65.2 Å². The summed E-state index contributed by atoms with van der Waals surface area (Å²) in [5.74, 6) is 1.48. The van der Waals surface area contributed by atoms with Gasteiger partial charge in [-0.1, -0.05) is 71.9 Å². The molecule has 1 aromatic heterocycles. The van der Waals surface area contributed by atoms with Crippen LogP contribution in [0.3, 0.4) is 0 Å². The number of para-hydroxylation sites is 1. The second kappa shape index (κ2) is 10.4. The van der Waals surface area contributed by atoms with Gasteiger partial charge in [0.25, 0.3) is 0 Å². The number of carbonyl (C=O) groups excluding carboxylic acids is 1. The first kappa shape index (κ1) is 22.7. The van der Waals surface area contributed by atoms with E-state index >= 15 is 0 Å². The Morgan fingerprint density at radius 1 is 0.970 bits per heavy atom. The molecule has 3 aromatic carbocycles. The van der Waals surface area contributed by atoms with Crippen LogP contribution in [-0.4, -0.2) is 40.6 Å². The van der Waals surface area contributed by atoms with Crippen molar-refractivity contribution in [1.29, 1.82) is 0 Å². The lowest BCUT2D eigenvalue weighted by Gasteiger charge is -2.13. The fourth-order valence-corrected chi connectivity index (χ4v) is 4.20. The van der Waals surface area contributed by atoms with Crippen molar-refractivity contribution in [2.45, 2.75) is 5.16 Å². The van der Waals surface area contributed by atoms with Crippen LogP contribution in [0.5, 0.6) is 11.5 Å². The van der Waals surface area contributed by atoms with Crippen LogP contribution in [0.4, 0.5) is 5.69 Å². The topological polar surface area (TPSA) is 78.3 Å². The van der Waals surface area contributed by atoms with E-state index in [-0.39, 0.29) is 11.7 Å². The first-order chi connectivity index (χ1) is 16.1. The van der Waals surface area contributed by atoms with E-state index < -0.39 is 0 Å². The van der Waals surface area contributed by atoms with Gasteiger partial charge < -0.3 is 14.8 Å². The largest absolute Gasteiger partial charge is 0.495 e. The molecule has 0 fully saturated rings. The second-order valence-electron chi connectivity index (χ2n) is 6.87. The van der Waals surface area contributed by atoms with Crippen LogP contribution in [0.15, 0.2) is 78.0 Å². The maximum absolute atomic E-state index is 12.7. The number of hydrogen-bond acceptors (Lipinski definition) is 6. The van der Waals surface area contributed by atoms with Gasteiger partial charge in [-0.2, -0.15) is 0 Å². The van der Waals surface area contributed by atoms with Gasteiger partial charge in [0.05, 0.1) is 30.7 Å². The Hall–Kier alpha value is -3.49. The van der Waals surface area contributed by atoms with E-state index in [1.54, 1.807) is 12.1 Å². The molecule has 1 N–H and O–H groups in total. The fourth-order valence-electron chi connectivity index (χ4n) is 3.22. The number of hydrogen-bond donors (Lipinski definition) is 1. The van der Waals surface area contributed by atoms with Crippen LogP contribution in [-0.2, 0) is 4.79 Å². The number of methoxy groups -OCH3 is 2. The van der Waals surface area contributed by atoms with E-state index in [2.05, 4.69) is 15.5 Å². The number of thioether (sulfide) groups is 1. The van der Waals surface area contributed by atoms with Crippen molar-refractivity contribution in [3.8, 4) is 28.6 Å². The highest BCUT2D eigenvalue weighted by Gasteiger charge is 2.18. The van der Waals surface area contributed by atoms with Gasteiger partial charge in [-0.3, -0.25) is 9.36 Å². The predicted octanol–water partition coefficient (Wildman–Crippen LogP) is 5.34. The molecular weight excluding hydrogens is 460 g/mol. The quantitative estimate of drug-likeness (QED) is 0.343. The second-order valence-corrected chi connectivity index (χ2v) is 8.22. The van der Waals surface area contributed by atoms with E-state index in [1.165, 1.54) is 26.0 Å². The summed E-state index contributed by atoms with van der Waals surface area (Å²) in [6, 6.07) is 22.8. The Kier molecular flexibility index (Phi) is 7.16. The third-order valence-corrected chi connectivity index (χ3v) is 5.98. The van der Waals surface area contributed by atoms with Gasteiger partial charge in [0.2, 0.25) is 5.91 Å². The van der Waals surface area contributed by atoms with Crippen molar-refractivity contribution in [1.82, 2.24) is 14.8 Å². The molecule has 1 heterocycles. The van der Waals surface area contributed by atoms with Gasteiger partial charge in [0.1, 0.15) is 11.5 Å². The maximum atomic E-state index is 12.7. The minimum Gasteiger partial charge on any atom is -0.495 e. The average Bonchev–Trinajstić information content (AvgIpc) is 3.28. The van der Waals surface area contributed by atoms with E-state index in [4.69, 9.17) is 21.1 Å². The summed E-state index contributed by atoms with van der Waals surface area (Å²) in [6.45, 7) is 0. The van der Waals surface area contributed by atoms with Crippen LogP contribution in [0.2, 0.25) is 5.02 Å². The van der Waals surface area contributed by atoms with Gasteiger partial charge in [-0.15, -0.1) is 10.2 Å². The fraction of sp³-hybridized carbons (Fsp3) is 0.125. The van der Waals surface area contributed by atoms with E-state index in [0.717, 1.165) is 11.3 Å². The van der Waals surface area contributed by atoms with Crippen molar-refractivity contribution in [3.05, 3.63) is 77.8 Å². The monoisotopic (exact) mass is 480 g/mol. The Balaban J connectivity index is 1.57. The van der Waals surface area contributed by atoms with Crippen LogP contribution in [0, 0.1) is 0 Å². The zero-order valence-corrected chi connectivity index (χ0v) is 19.6. The molecule has 9 heteroatoms. The van der Waals surface area contributed by atoms with Gasteiger partial charge in [0, 0.05) is 23.4 Å². The zero-order chi connectivity index (χ0) is 23.2. The minimum absolute atomic E-state index is 0.119. The van der Waals surface area contributed by atoms with Crippen molar-refractivity contribution in [2.24, 2.45) is 0 Å². The Labute approximate surface area is 200 Å². The van der Waals surface area contributed by atoms with Gasteiger partial charge >= 0.3 is 0 Å². The lowest BCUT2D eigenvalue weighted by atomic mass is 10.2. The van der Waals surface area contributed by atoms with Crippen molar-refractivity contribution in [3.63, 3.8) is 0 Å². The molecule has 0 saturated heterocycles. The molecule has 0 radical (unpaired) electrons. The Morgan fingerprint density at radius 3 is 2.30 bits per heavy atom. The normalized spacial score (nSPS) is 10.6. The Morgan fingerprint density at radius 2 is 1.64 bits per heavy atom. The van der Waals surface area contributed by atoms with Crippen LogP contribution < -0.4 is 14.8 Å². The molecule has 0 aliphatic rings. The number of aromatic nitrogens is 3. The molecule has 0 unspecified atom stereocenters. The number of nitrogens with one attached hydrogen (secondary N) is 1. The smallest absolute Gasteiger partial charge is 0.234 e. The third kappa shape index (κ3) is 5.13. The highest BCUT2D eigenvalue weighted by molar-refractivity contribution is 7.99. The van der Waals surface area contributed by atoms with Gasteiger partial charge in [-0.05, 0) is 12.1 Å². The lowest BCUT2D eigenvalue weighted by Crippen LogP contribution is -2.15. The summed E-state index contributed by atoms with van der Waals surface area (Å²) in [5, 5.41) is 12.6. The molecule has 0 atom stereocenters. The van der Waals surface area contributed by atoms with Gasteiger partial charge in [0.15, 0.2) is 11.0 Å². The zero-order valence-electron chi connectivity index (χ0n) is 18.0. The van der Waals surface area contributed by atoms with Gasteiger partial charge in [-0.25, -0.2) is 0 Å². The van der Waals surface area contributed by atoms with Crippen LogP contribution in [0.25, 0.3) is 17.1 Å². The third-order valence-electron chi connectivity index (χ3n) is 4.76. The number of ether oxygens (including phenoxy) is 2. The molecule has 33 heavy (non-hydrogen) atoms. The molecule has 4 rings (SSSR count). The molecule has 0 aliphatic carbocycles. The summed E-state index contributed by atoms with van der Waals surface area (Å²) in [4.78, 5) is 12.7. The van der Waals surface area contributed by atoms with Crippen molar-refractivity contribution < 1.29 is 14.3 Å². The summed E-state index contributed by atoms with van der Waals surface area (Å²) in [6.07, 6.45) is 0. The van der Waals surface area contributed by atoms with Crippen LogP contribution in [0.1, 0.15) is 0 Å². The minimum atomic E-state index is -0.230. The number of amides is 1. The van der Waals surface area contributed by atoms with Crippen molar-refractivity contribution in [2.75, 3.05) is 25.3 Å². The molecule has 4 aromatic rings. The Bertz CT molecular complexity index is 1250. The molecule has 168 valence electrons. The molecule has 0 spiro atoms. The molecule has 0 bridgehead atoms. The number of carbonyl (C=O) groups is 1. The summed E-state index contributed by atoms with van der Waals surface area (Å²) >= 11 is 7.44. The summed E-state index contributed by atoms with van der Waals surface area (Å²) < 4.78 is 12.5. The number of nitrogens with zero attached hydrogens (tertiary/aromatic N) is 3. The van der Waals surface area contributed by atoms with Crippen LogP contribution >= 0.6 is 23.4 Å². The standard InChI is InChI=1S/C24H21ClN4O3S/c1-31-20-14-19(21(32-2)13-18(20)25)26-22(30)15-33-24-28-27-23(16-9-5-3-6-10-16)29(24)17-11-7-4-8-12-17/h3-14H,15H2,1-2H3,(H,26,30). The number of anilines is 1. The summed E-state index contributed by atoms with van der Waals surface area (Å²) in [7, 11) is 3.02. The maximum Gasteiger partial charge on any atom is 0.234 e. The molecule has 0 saturated carbocycles. The number of benzene rings is 3. The predicted molar refractivity (Wildman–Crippen MR) is 131 cm³/mol. The molecule has 1 amide bonds. The molecule has 0 aliphatic heterocycles. The molecular formula is C24H21ClN4O3S. The lowest BCUT2D eigenvalue weighted by molar-refractivity contribution is -0.113. The number of rotatable bonds is 8. The number of halogens is 1. The van der Waals surface area contributed by atoms with Crippen molar-refractivity contribution >= 4 is 35.0 Å². The van der Waals surface area contributed by atoms with E-state index in [9.17, 15) is 4.79 Å². The first-order valence-corrected chi connectivity index (χ1v) is 11.4. The first-order valence-electron chi connectivity index (χ1n) is 10.0. The average molecular weight is 481 g/mol. The summed E-state index contributed by atoms with van der Waals surface area (Å²) in [5.41, 5.74) is 2.32. The van der Waals surface area contributed by atoms with E-state index in [0.29, 0.717) is 33.2 Å².